The molecule has 1 aromatic heterocycles. The second kappa shape index (κ2) is 5.37. The third-order valence-corrected chi connectivity index (χ3v) is 4.03. The summed E-state index contributed by atoms with van der Waals surface area (Å²) in [7, 11) is 0. The maximum atomic E-state index is 12.4. The van der Waals surface area contributed by atoms with Crippen LogP contribution in [0.5, 0.6) is 0 Å². The molecular weight excluding hydrogens is 256 g/mol. The molecule has 4 heteroatoms. The number of rotatable bonds is 3. The third kappa shape index (κ3) is 3.00. The molecule has 1 unspecified atom stereocenters. The van der Waals surface area contributed by atoms with Crippen molar-refractivity contribution < 1.29 is 0 Å². The molecule has 0 radical (unpaired) electrons. The molecule has 0 aliphatic carbocycles. The lowest BCUT2D eigenvalue weighted by Crippen LogP contribution is -2.31. The molecule has 0 saturated heterocycles. The van der Waals surface area contributed by atoms with Crippen molar-refractivity contribution in [3.05, 3.63) is 40.9 Å². The zero-order chi connectivity index (χ0) is 14.0. The summed E-state index contributed by atoms with van der Waals surface area (Å²) in [6.07, 6.45) is 1.65. The van der Waals surface area contributed by atoms with Gasteiger partial charge >= 0.3 is 0 Å². The highest BCUT2D eigenvalue weighted by atomic mass is 32.1. The van der Waals surface area contributed by atoms with Gasteiger partial charge in [0.15, 0.2) is 0 Å². The first-order valence-corrected chi connectivity index (χ1v) is 7.12. The van der Waals surface area contributed by atoms with E-state index in [1.54, 1.807) is 10.9 Å². The van der Waals surface area contributed by atoms with Gasteiger partial charge in [0.05, 0.1) is 17.2 Å². The Hall–Kier alpha value is -1.29. The molecule has 1 heterocycles. The number of para-hydroxylation sites is 1. The van der Waals surface area contributed by atoms with Crippen LogP contribution in [0.25, 0.3) is 10.9 Å². The summed E-state index contributed by atoms with van der Waals surface area (Å²) in [5.74, 6) is 1.08. The molecule has 2 aromatic rings. The maximum absolute atomic E-state index is 12.4. The van der Waals surface area contributed by atoms with Crippen molar-refractivity contribution in [1.82, 2.24) is 9.55 Å². The number of benzene rings is 1. The second-order valence-corrected chi connectivity index (χ2v) is 6.33. The lowest BCUT2D eigenvalue weighted by Gasteiger charge is -2.29. The van der Waals surface area contributed by atoms with Gasteiger partial charge in [0, 0.05) is 6.54 Å². The van der Waals surface area contributed by atoms with E-state index in [1.807, 2.05) is 24.3 Å². The third-order valence-electron chi connectivity index (χ3n) is 3.59. The normalized spacial score (nSPS) is 13.7. The summed E-state index contributed by atoms with van der Waals surface area (Å²) in [6, 6.07) is 7.45. The molecule has 0 aliphatic heterocycles. The lowest BCUT2D eigenvalue weighted by atomic mass is 9.82. The van der Waals surface area contributed by atoms with E-state index in [2.05, 4.69) is 38.4 Å². The molecule has 1 aromatic carbocycles. The quantitative estimate of drug-likeness (QED) is 0.875. The first kappa shape index (κ1) is 14.1. The molecule has 3 nitrogen and oxygen atoms in total. The standard InChI is InChI=1S/C15H20N2OS/c1-15(2,3)11(9-19)8-17-10-16-13-7-5-4-6-12(13)14(17)18/h4-7,10-11,19H,8-9H2,1-3H3. The molecule has 1 atom stereocenters. The number of hydrogen-bond acceptors (Lipinski definition) is 3. The van der Waals surface area contributed by atoms with Crippen LogP contribution in [0.4, 0.5) is 0 Å². The lowest BCUT2D eigenvalue weighted by molar-refractivity contribution is 0.236. The predicted octanol–water partition coefficient (Wildman–Crippen LogP) is 2.99. The summed E-state index contributed by atoms with van der Waals surface area (Å²) in [4.78, 5) is 16.8. The summed E-state index contributed by atoms with van der Waals surface area (Å²) in [5, 5.41) is 0.678. The smallest absolute Gasteiger partial charge is 0.261 e. The molecule has 2 rings (SSSR count). The Morgan fingerprint density at radius 1 is 1.32 bits per heavy atom. The molecule has 0 amide bonds. The number of aromatic nitrogens is 2. The van der Waals surface area contributed by atoms with Gasteiger partial charge in [-0.3, -0.25) is 9.36 Å². The average molecular weight is 276 g/mol. The topological polar surface area (TPSA) is 34.9 Å². The van der Waals surface area contributed by atoms with Crippen LogP contribution in [0.3, 0.4) is 0 Å². The Kier molecular flexibility index (Phi) is 3.99. The highest BCUT2D eigenvalue weighted by molar-refractivity contribution is 7.80. The van der Waals surface area contributed by atoms with Gasteiger partial charge in [-0.25, -0.2) is 4.98 Å². The number of fused-ring (bicyclic) bond motifs is 1. The monoisotopic (exact) mass is 276 g/mol. The summed E-state index contributed by atoms with van der Waals surface area (Å²) >= 11 is 4.41. The van der Waals surface area contributed by atoms with Crippen LogP contribution < -0.4 is 5.56 Å². The number of nitrogens with zero attached hydrogens (tertiary/aromatic N) is 2. The van der Waals surface area contributed by atoms with Gasteiger partial charge in [0.2, 0.25) is 0 Å². The minimum Gasteiger partial charge on any atom is -0.298 e. The summed E-state index contributed by atoms with van der Waals surface area (Å²) < 4.78 is 1.70. The Morgan fingerprint density at radius 3 is 2.63 bits per heavy atom. The van der Waals surface area contributed by atoms with E-state index in [1.165, 1.54) is 0 Å². The molecule has 19 heavy (non-hydrogen) atoms. The molecule has 0 N–H and O–H groups in total. The summed E-state index contributed by atoms with van der Waals surface area (Å²) in [5.41, 5.74) is 0.899. The highest BCUT2D eigenvalue weighted by Crippen LogP contribution is 2.27. The van der Waals surface area contributed by atoms with Gasteiger partial charge in [-0.1, -0.05) is 32.9 Å². The van der Waals surface area contributed by atoms with E-state index in [9.17, 15) is 4.79 Å². The van der Waals surface area contributed by atoms with Crippen LogP contribution in [-0.4, -0.2) is 15.3 Å². The van der Waals surface area contributed by atoms with Crippen molar-refractivity contribution in [2.24, 2.45) is 11.3 Å². The minimum absolute atomic E-state index is 0.0293. The van der Waals surface area contributed by atoms with Crippen molar-refractivity contribution in [3.8, 4) is 0 Å². The van der Waals surface area contributed by atoms with Crippen LogP contribution in [0, 0.1) is 11.3 Å². The first-order chi connectivity index (χ1) is 8.93. The predicted molar refractivity (Wildman–Crippen MR) is 82.8 cm³/mol. The fourth-order valence-corrected chi connectivity index (χ4v) is 2.74. The molecule has 0 fully saturated rings. The zero-order valence-corrected chi connectivity index (χ0v) is 12.5. The number of thiol groups is 1. The van der Waals surface area contributed by atoms with E-state index in [0.717, 1.165) is 11.3 Å². The van der Waals surface area contributed by atoms with E-state index < -0.39 is 0 Å². The van der Waals surface area contributed by atoms with Crippen LogP contribution in [0.2, 0.25) is 0 Å². The number of hydrogen-bond donors (Lipinski definition) is 1. The Balaban J connectivity index is 2.41. The molecule has 0 aliphatic rings. The molecular formula is C15H20N2OS. The van der Waals surface area contributed by atoms with Gasteiger partial charge in [-0.2, -0.15) is 12.6 Å². The maximum Gasteiger partial charge on any atom is 0.261 e. The minimum atomic E-state index is 0.0293. The van der Waals surface area contributed by atoms with Crippen molar-refractivity contribution in [2.75, 3.05) is 5.75 Å². The van der Waals surface area contributed by atoms with Crippen LogP contribution >= 0.6 is 12.6 Å². The van der Waals surface area contributed by atoms with Crippen molar-refractivity contribution in [1.29, 1.82) is 0 Å². The van der Waals surface area contributed by atoms with Gasteiger partial charge < -0.3 is 0 Å². The Bertz CT molecular complexity index is 628. The Labute approximate surface area is 119 Å². The fourth-order valence-electron chi connectivity index (χ4n) is 2.08. The molecule has 0 bridgehead atoms. The van der Waals surface area contributed by atoms with Gasteiger partial charge in [-0.05, 0) is 29.2 Å². The van der Waals surface area contributed by atoms with Gasteiger partial charge in [0.1, 0.15) is 0 Å². The first-order valence-electron chi connectivity index (χ1n) is 6.48. The fraction of sp³-hybridized carbons (Fsp3) is 0.467. The molecule has 0 spiro atoms. The highest BCUT2D eigenvalue weighted by Gasteiger charge is 2.24. The molecule has 0 saturated carbocycles. The largest absolute Gasteiger partial charge is 0.298 e. The van der Waals surface area contributed by atoms with Crippen LogP contribution in [-0.2, 0) is 6.54 Å². The average Bonchev–Trinajstić information content (AvgIpc) is 2.37. The van der Waals surface area contributed by atoms with E-state index in [-0.39, 0.29) is 11.0 Å². The summed E-state index contributed by atoms with van der Waals surface area (Å²) in [6.45, 7) is 7.18. The molecule has 102 valence electrons. The van der Waals surface area contributed by atoms with Crippen molar-refractivity contribution in [2.45, 2.75) is 27.3 Å². The second-order valence-electron chi connectivity index (χ2n) is 5.96. The van der Waals surface area contributed by atoms with E-state index in [4.69, 9.17) is 0 Å². The van der Waals surface area contributed by atoms with Crippen LogP contribution in [0.15, 0.2) is 35.4 Å². The van der Waals surface area contributed by atoms with Crippen molar-refractivity contribution >= 4 is 23.5 Å². The van der Waals surface area contributed by atoms with E-state index >= 15 is 0 Å². The van der Waals surface area contributed by atoms with Crippen molar-refractivity contribution in [3.63, 3.8) is 0 Å². The SMILES string of the molecule is CC(C)(C)C(CS)Cn1cnc2ccccc2c1=O. The van der Waals surface area contributed by atoms with Crippen LogP contribution in [0.1, 0.15) is 20.8 Å². The zero-order valence-electron chi connectivity index (χ0n) is 11.6. The van der Waals surface area contributed by atoms with Gasteiger partial charge in [-0.15, -0.1) is 0 Å². The van der Waals surface area contributed by atoms with Gasteiger partial charge in [0.25, 0.3) is 5.56 Å². The Morgan fingerprint density at radius 2 is 2.00 bits per heavy atom. The van der Waals surface area contributed by atoms with E-state index in [0.29, 0.717) is 17.8 Å².